The summed E-state index contributed by atoms with van der Waals surface area (Å²) in [6.45, 7) is 0.930. The molecule has 3 rings (SSSR count). The molecule has 0 amide bonds. The Morgan fingerprint density at radius 2 is 1.31 bits per heavy atom. The minimum absolute atomic E-state index is 0.213. The van der Waals surface area contributed by atoms with Crippen LogP contribution in [0, 0.1) is 5.82 Å². The first-order chi connectivity index (χ1) is 14.1. The van der Waals surface area contributed by atoms with Crippen LogP contribution in [0.5, 0.6) is 0 Å². The zero-order valence-electron chi connectivity index (χ0n) is 16.9. The van der Waals surface area contributed by atoms with Gasteiger partial charge in [-0.3, -0.25) is 0 Å². The second kappa shape index (κ2) is 10.4. The summed E-state index contributed by atoms with van der Waals surface area (Å²) < 4.78 is 25.6. The third-order valence-electron chi connectivity index (χ3n) is 4.96. The molecule has 0 saturated carbocycles. The van der Waals surface area contributed by atoms with Crippen LogP contribution in [-0.2, 0) is 35.0 Å². The minimum Gasteiger partial charge on any atom is -0.380 e. The van der Waals surface area contributed by atoms with Gasteiger partial charge in [-0.15, -0.1) is 18.5 Å². The Bertz CT molecular complexity index is 971. The van der Waals surface area contributed by atoms with Crippen molar-refractivity contribution in [3.63, 3.8) is 0 Å². The van der Waals surface area contributed by atoms with E-state index >= 15 is 0 Å². The summed E-state index contributed by atoms with van der Waals surface area (Å²) in [5.74, 6) is -0.213. The van der Waals surface area contributed by atoms with Gasteiger partial charge in [0.2, 0.25) is 0 Å². The van der Waals surface area contributed by atoms with Crippen LogP contribution in [0.3, 0.4) is 0 Å². The average Bonchev–Trinajstić information content (AvgIpc) is 2.74. The molecule has 0 aliphatic heterocycles. The highest BCUT2D eigenvalue weighted by molar-refractivity contribution is 7.15. The van der Waals surface area contributed by atoms with Crippen molar-refractivity contribution in [2.45, 2.75) is 25.5 Å². The molecule has 3 aromatic rings. The second-order valence-corrected chi connectivity index (χ2v) is 7.77. The van der Waals surface area contributed by atoms with Crippen LogP contribution in [0.15, 0.2) is 54.6 Å². The van der Waals surface area contributed by atoms with Crippen LogP contribution in [0.1, 0.15) is 22.3 Å². The largest absolute Gasteiger partial charge is 0.380 e. The molecule has 0 N–H and O–H groups in total. The van der Waals surface area contributed by atoms with E-state index in [-0.39, 0.29) is 5.82 Å². The molecule has 0 saturated heterocycles. The molecule has 2 atom stereocenters. The molecule has 0 bridgehead atoms. The molecule has 0 fully saturated rings. The van der Waals surface area contributed by atoms with Crippen LogP contribution in [-0.4, -0.2) is 14.2 Å². The number of benzene rings is 3. The first-order valence-corrected chi connectivity index (χ1v) is 11.2. The SMILES string of the molecule is COCc1cc(CP)ccc1-c1ccc(-c2c(F)cc(CP)cc2COC)cc1. The average molecular weight is 428 g/mol. The zero-order chi connectivity index (χ0) is 20.8. The van der Waals surface area contributed by atoms with Gasteiger partial charge in [0.25, 0.3) is 0 Å². The van der Waals surface area contributed by atoms with E-state index < -0.39 is 0 Å². The van der Waals surface area contributed by atoms with E-state index in [1.54, 1.807) is 20.3 Å². The lowest BCUT2D eigenvalue weighted by Gasteiger charge is -2.15. The molecule has 0 aliphatic carbocycles. The Labute approximate surface area is 177 Å². The van der Waals surface area contributed by atoms with Crippen molar-refractivity contribution in [3.8, 4) is 22.3 Å². The normalized spacial score (nSPS) is 11.1. The van der Waals surface area contributed by atoms with Crippen molar-refractivity contribution in [2.24, 2.45) is 0 Å². The summed E-state index contributed by atoms with van der Waals surface area (Å²) in [5.41, 5.74) is 7.89. The molecule has 29 heavy (non-hydrogen) atoms. The van der Waals surface area contributed by atoms with Crippen molar-refractivity contribution in [3.05, 3.63) is 82.7 Å². The Hall–Kier alpha value is -1.63. The highest BCUT2D eigenvalue weighted by Gasteiger charge is 2.14. The fourth-order valence-corrected chi connectivity index (χ4v) is 4.07. The van der Waals surface area contributed by atoms with E-state index in [1.165, 1.54) is 5.56 Å². The Balaban J connectivity index is 2.02. The Morgan fingerprint density at radius 1 is 0.724 bits per heavy atom. The van der Waals surface area contributed by atoms with Gasteiger partial charge in [0.1, 0.15) is 5.82 Å². The van der Waals surface area contributed by atoms with Gasteiger partial charge < -0.3 is 9.47 Å². The molecule has 5 heteroatoms. The molecule has 152 valence electrons. The van der Waals surface area contributed by atoms with Gasteiger partial charge >= 0.3 is 0 Å². The topological polar surface area (TPSA) is 18.5 Å². The van der Waals surface area contributed by atoms with Crippen molar-refractivity contribution in [1.82, 2.24) is 0 Å². The molecule has 2 unspecified atom stereocenters. The number of ether oxygens (including phenoxy) is 2. The van der Waals surface area contributed by atoms with Gasteiger partial charge in [-0.1, -0.05) is 48.5 Å². The highest BCUT2D eigenvalue weighted by Crippen LogP contribution is 2.33. The van der Waals surface area contributed by atoms with Crippen molar-refractivity contribution < 1.29 is 13.9 Å². The second-order valence-electron chi connectivity index (χ2n) is 6.95. The third kappa shape index (κ3) is 5.11. The summed E-state index contributed by atoms with van der Waals surface area (Å²) in [5, 5.41) is 0. The van der Waals surface area contributed by atoms with E-state index in [0.29, 0.717) is 24.9 Å². The van der Waals surface area contributed by atoms with E-state index in [9.17, 15) is 4.39 Å². The van der Waals surface area contributed by atoms with Gasteiger partial charge in [-0.05, 0) is 57.3 Å². The Kier molecular flexibility index (Phi) is 7.92. The van der Waals surface area contributed by atoms with Gasteiger partial charge in [-0.25, -0.2) is 4.39 Å². The highest BCUT2D eigenvalue weighted by atomic mass is 31.0. The Morgan fingerprint density at radius 3 is 1.93 bits per heavy atom. The summed E-state index contributed by atoms with van der Waals surface area (Å²) in [6, 6.07) is 18.1. The fourth-order valence-electron chi connectivity index (χ4n) is 3.58. The van der Waals surface area contributed by atoms with E-state index in [1.807, 2.05) is 30.3 Å². The predicted molar refractivity (Wildman–Crippen MR) is 126 cm³/mol. The van der Waals surface area contributed by atoms with Gasteiger partial charge in [0.05, 0.1) is 13.2 Å². The van der Waals surface area contributed by atoms with Gasteiger partial charge in [0, 0.05) is 19.8 Å². The first kappa shape index (κ1) is 22.1. The van der Waals surface area contributed by atoms with Crippen molar-refractivity contribution in [1.29, 1.82) is 0 Å². The van der Waals surface area contributed by atoms with Crippen LogP contribution in [0.4, 0.5) is 4.39 Å². The molecule has 0 aromatic heterocycles. The lowest BCUT2D eigenvalue weighted by atomic mass is 9.93. The maximum atomic E-state index is 14.9. The van der Waals surface area contributed by atoms with E-state index in [2.05, 4.69) is 36.7 Å². The molecule has 0 spiro atoms. The zero-order valence-corrected chi connectivity index (χ0v) is 19.2. The van der Waals surface area contributed by atoms with Gasteiger partial charge in [0.15, 0.2) is 0 Å². The minimum atomic E-state index is -0.213. The molecular weight excluding hydrogens is 401 g/mol. The first-order valence-electron chi connectivity index (χ1n) is 9.53. The summed E-state index contributed by atoms with van der Waals surface area (Å²) >= 11 is 0. The maximum absolute atomic E-state index is 14.9. The van der Waals surface area contributed by atoms with Crippen LogP contribution < -0.4 is 0 Å². The van der Waals surface area contributed by atoms with Crippen LogP contribution in [0.25, 0.3) is 22.3 Å². The van der Waals surface area contributed by atoms with Crippen LogP contribution in [0.2, 0.25) is 0 Å². The monoisotopic (exact) mass is 428 g/mol. The molecule has 0 radical (unpaired) electrons. The van der Waals surface area contributed by atoms with Crippen molar-refractivity contribution in [2.75, 3.05) is 14.2 Å². The predicted octanol–water partition coefficient (Wildman–Crippen LogP) is 6.20. The summed E-state index contributed by atoms with van der Waals surface area (Å²) in [7, 11) is 8.73. The van der Waals surface area contributed by atoms with E-state index in [0.717, 1.165) is 39.5 Å². The van der Waals surface area contributed by atoms with Crippen molar-refractivity contribution >= 4 is 18.5 Å². The number of hydrogen-bond donors (Lipinski definition) is 0. The fraction of sp³-hybridized carbons (Fsp3) is 0.250. The van der Waals surface area contributed by atoms with Gasteiger partial charge in [-0.2, -0.15) is 0 Å². The smallest absolute Gasteiger partial charge is 0.131 e. The number of halogens is 1. The molecule has 2 nitrogen and oxygen atoms in total. The molecule has 0 aliphatic rings. The number of hydrogen-bond acceptors (Lipinski definition) is 2. The summed E-state index contributed by atoms with van der Waals surface area (Å²) in [6.07, 6.45) is 1.62. The lowest BCUT2D eigenvalue weighted by molar-refractivity contribution is 0.185. The third-order valence-corrected chi connectivity index (χ3v) is 5.90. The number of rotatable bonds is 8. The standard InChI is InChI=1S/C24H27FO2P2/c1-26-12-20-9-16(14-28)3-8-22(20)18-4-6-19(7-5-18)24-21(13-27-2)10-17(15-29)11-23(24)25/h3-11H,12-15,28-29H2,1-2H3. The quantitative estimate of drug-likeness (QED) is 0.398. The molecule has 0 heterocycles. The van der Waals surface area contributed by atoms with E-state index in [4.69, 9.17) is 9.47 Å². The molecule has 3 aromatic carbocycles. The van der Waals surface area contributed by atoms with Crippen LogP contribution >= 0.6 is 18.5 Å². The summed E-state index contributed by atoms with van der Waals surface area (Å²) in [4.78, 5) is 0. The maximum Gasteiger partial charge on any atom is 0.131 e. The molecular formula is C24H27FO2P2. The number of methoxy groups -OCH3 is 2. The lowest BCUT2D eigenvalue weighted by Crippen LogP contribution is -1.98.